The summed E-state index contributed by atoms with van der Waals surface area (Å²) in [7, 11) is 0. The Bertz CT molecular complexity index is 1720. The summed E-state index contributed by atoms with van der Waals surface area (Å²) in [6.07, 6.45) is 2.81. The van der Waals surface area contributed by atoms with E-state index >= 15 is 0 Å². The van der Waals surface area contributed by atoms with E-state index in [0.29, 0.717) is 16.6 Å². The van der Waals surface area contributed by atoms with Crippen molar-refractivity contribution in [2.24, 2.45) is 4.99 Å². The molecule has 1 saturated heterocycles. The largest absolute Gasteiger partial charge is 0.340 e. The molecule has 4 aromatic carbocycles. The summed E-state index contributed by atoms with van der Waals surface area (Å²) < 4.78 is 2.31. The molecule has 0 N–H and O–H groups in total. The second-order valence-electron chi connectivity index (χ2n) is 9.76. The van der Waals surface area contributed by atoms with Crippen molar-refractivity contribution in [1.29, 1.82) is 0 Å². The number of aliphatic imine (C=N–C) groups is 1. The molecule has 2 heterocycles. The maximum atomic E-state index is 13.8. The molecule has 198 valence electrons. The SMILES string of the molecule is Cc1c(/C=C2/SC(=Nc3ccccc3)N(CCc3ccccc3)C2=O)c2ccccc2n1Cc1ccc(Cl)cc1. The highest BCUT2D eigenvalue weighted by Crippen LogP contribution is 2.37. The molecule has 1 fully saturated rings. The Morgan fingerprint density at radius 1 is 0.825 bits per heavy atom. The molecule has 0 spiro atoms. The van der Waals surface area contributed by atoms with E-state index in [-0.39, 0.29) is 5.91 Å². The molecule has 0 atom stereocenters. The van der Waals surface area contributed by atoms with Gasteiger partial charge in [-0.25, -0.2) is 4.99 Å². The minimum Gasteiger partial charge on any atom is -0.340 e. The van der Waals surface area contributed by atoms with Gasteiger partial charge in [0.1, 0.15) is 0 Å². The van der Waals surface area contributed by atoms with E-state index in [1.165, 1.54) is 22.9 Å². The third-order valence-corrected chi connectivity index (χ3v) is 8.40. The first-order valence-electron chi connectivity index (χ1n) is 13.3. The van der Waals surface area contributed by atoms with Gasteiger partial charge in [-0.2, -0.15) is 0 Å². The Morgan fingerprint density at radius 2 is 1.50 bits per heavy atom. The Hall–Kier alpha value is -4.06. The van der Waals surface area contributed by atoms with E-state index in [1.54, 1.807) is 0 Å². The summed E-state index contributed by atoms with van der Waals surface area (Å²) in [5.74, 6) is -0.00968. The number of halogens is 1. The zero-order chi connectivity index (χ0) is 27.5. The van der Waals surface area contributed by atoms with Crippen molar-refractivity contribution in [3.05, 3.63) is 142 Å². The van der Waals surface area contributed by atoms with Crippen molar-refractivity contribution in [1.82, 2.24) is 9.47 Å². The summed E-state index contributed by atoms with van der Waals surface area (Å²) in [4.78, 5) is 21.2. The first kappa shape index (κ1) is 26.2. The van der Waals surface area contributed by atoms with Crippen molar-refractivity contribution < 1.29 is 4.79 Å². The number of hydrogen-bond donors (Lipinski definition) is 0. The molecule has 0 bridgehead atoms. The monoisotopic (exact) mass is 561 g/mol. The van der Waals surface area contributed by atoms with E-state index in [9.17, 15) is 4.79 Å². The van der Waals surface area contributed by atoms with Crippen LogP contribution in [-0.2, 0) is 17.8 Å². The predicted molar refractivity (Wildman–Crippen MR) is 168 cm³/mol. The number of fused-ring (bicyclic) bond motifs is 1. The number of benzene rings is 4. The first-order chi connectivity index (χ1) is 19.6. The van der Waals surface area contributed by atoms with Crippen LogP contribution in [0.25, 0.3) is 17.0 Å². The average Bonchev–Trinajstić information content (AvgIpc) is 3.42. The molecule has 6 rings (SSSR count). The number of aromatic nitrogens is 1. The van der Waals surface area contributed by atoms with E-state index in [1.807, 2.05) is 71.6 Å². The lowest BCUT2D eigenvalue weighted by Gasteiger charge is -2.15. The third-order valence-electron chi connectivity index (χ3n) is 7.14. The molecule has 5 aromatic rings. The van der Waals surface area contributed by atoms with Gasteiger partial charge >= 0.3 is 0 Å². The lowest BCUT2D eigenvalue weighted by molar-refractivity contribution is -0.122. The number of hydrogen-bond acceptors (Lipinski definition) is 3. The number of amidine groups is 1. The van der Waals surface area contributed by atoms with Gasteiger partial charge in [0, 0.05) is 40.3 Å². The van der Waals surface area contributed by atoms with Gasteiger partial charge < -0.3 is 4.57 Å². The Balaban J connectivity index is 1.38. The van der Waals surface area contributed by atoms with Gasteiger partial charge in [0.2, 0.25) is 0 Å². The molecule has 4 nitrogen and oxygen atoms in total. The second kappa shape index (κ2) is 11.6. The van der Waals surface area contributed by atoms with E-state index in [2.05, 4.69) is 60.0 Å². The number of carbonyl (C=O) groups excluding carboxylic acids is 1. The van der Waals surface area contributed by atoms with Crippen LogP contribution < -0.4 is 0 Å². The van der Waals surface area contributed by atoms with Crippen molar-refractivity contribution >= 4 is 57.1 Å². The van der Waals surface area contributed by atoms with E-state index in [4.69, 9.17) is 16.6 Å². The standard InChI is InChI=1S/C34H28ClN3OS/c1-24-30(29-14-8-9-15-31(29)38(24)23-26-16-18-27(35)19-17-26)22-32-33(39)37(21-20-25-10-4-2-5-11-25)34(40-32)36-28-12-6-3-7-13-28/h2-19,22H,20-21,23H2,1H3/b32-22+,36-34?. The maximum absolute atomic E-state index is 13.8. The van der Waals surface area contributed by atoms with Gasteiger partial charge in [0.05, 0.1) is 10.6 Å². The van der Waals surface area contributed by atoms with Crippen LogP contribution in [0.1, 0.15) is 22.4 Å². The van der Waals surface area contributed by atoms with Crippen molar-refractivity contribution in [2.75, 3.05) is 6.54 Å². The average molecular weight is 562 g/mol. The minimum atomic E-state index is -0.00968. The Kier molecular flexibility index (Phi) is 7.58. The number of amides is 1. The van der Waals surface area contributed by atoms with Gasteiger partial charge in [0.15, 0.2) is 5.17 Å². The van der Waals surface area contributed by atoms with E-state index in [0.717, 1.165) is 45.8 Å². The zero-order valence-electron chi connectivity index (χ0n) is 22.1. The summed E-state index contributed by atoms with van der Waals surface area (Å²) >= 11 is 7.57. The number of rotatable bonds is 7. The lowest BCUT2D eigenvalue weighted by atomic mass is 10.1. The van der Waals surface area contributed by atoms with Gasteiger partial charge in [-0.05, 0) is 72.6 Å². The van der Waals surface area contributed by atoms with Crippen LogP contribution >= 0.6 is 23.4 Å². The molecule has 6 heteroatoms. The molecule has 1 aromatic heterocycles. The summed E-state index contributed by atoms with van der Waals surface area (Å²) in [5.41, 5.74) is 6.50. The fraction of sp³-hybridized carbons (Fsp3) is 0.118. The molecular formula is C34H28ClN3OS. The van der Waals surface area contributed by atoms with Gasteiger partial charge in [0.25, 0.3) is 5.91 Å². The van der Waals surface area contributed by atoms with Crippen LogP contribution in [0.15, 0.2) is 119 Å². The van der Waals surface area contributed by atoms with Crippen molar-refractivity contribution in [2.45, 2.75) is 19.9 Å². The molecule has 0 aliphatic carbocycles. The molecule has 1 amide bonds. The fourth-order valence-electron chi connectivity index (χ4n) is 5.03. The van der Waals surface area contributed by atoms with Gasteiger partial charge in [-0.15, -0.1) is 0 Å². The van der Waals surface area contributed by atoms with Crippen LogP contribution in [0.2, 0.25) is 5.02 Å². The summed E-state index contributed by atoms with van der Waals surface area (Å²) in [6, 6.07) is 36.4. The highest BCUT2D eigenvalue weighted by Gasteiger charge is 2.33. The van der Waals surface area contributed by atoms with Gasteiger partial charge in [-0.3, -0.25) is 9.69 Å². The summed E-state index contributed by atoms with van der Waals surface area (Å²) in [5, 5.41) is 2.56. The van der Waals surface area contributed by atoms with E-state index < -0.39 is 0 Å². The molecule has 40 heavy (non-hydrogen) atoms. The highest BCUT2D eigenvalue weighted by molar-refractivity contribution is 8.18. The smallest absolute Gasteiger partial charge is 0.266 e. The Labute approximate surface area is 243 Å². The number of nitrogens with zero attached hydrogens (tertiary/aromatic N) is 3. The normalized spacial score (nSPS) is 15.6. The van der Waals surface area contributed by atoms with Crippen LogP contribution in [0.3, 0.4) is 0 Å². The van der Waals surface area contributed by atoms with Crippen LogP contribution in [0, 0.1) is 6.92 Å². The molecule has 1 aliphatic heterocycles. The summed E-state index contributed by atoms with van der Waals surface area (Å²) in [6.45, 7) is 3.41. The highest BCUT2D eigenvalue weighted by atomic mass is 35.5. The molecule has 0 radical (unpaired) electrons. The van der Waals surface area contributed by atoms with Crippen LogP contribution in [-0.4, -0.2) is 27.1 Å². The quantitative estimate of drug-likeness (QED) is 0.187. The molecule has 0 unspecified atom stereocenters. The first-order valence-corrected chi connectivity index (χ1v) is 14.5. The molecule has 0 saturated carbocycles. The number of carbonyl (C=O) groups is 1. The second-order valence-corrected chi connectivity index (χ2v) is 11.2. The molecular weight excluding hydrogens is 534 g/mol. The fourth-order valence-corrected chi connectivity index (χ4v) is 6.17. The van der Waals surface area contributed by atoms with Gasteiger partial charge in [-0.1, -0.05) is 90.5 Å². The Morgan fingerprint density at radius 3 is 2.25 bits per heavy atom. The topological polar surface area (TPSA) is 37.6 Å². The van der Waals surface area contributed by atoms with Crippen LogP contribution in [0.4, 0.5) is 5.69 Å². The minimum absolute atomic E-state index is 0.00968. The zero-order valence-corrected chi connectivity index (χ0v) is 23.7. The van der Waals surface area contributed by atoms with Crippen LogP contribution in [0.5, 0.6) is 0 Å². The number of para-hydroxylation sites is 2. The van der Waals surface area contributed by atoms with Crippen molar-refractivity contribution in [3.8, 4) is 0 Å². The maximum Gasteiger partial charge on any atom is 0.266 e. The predicted octanol–water partition coefficient (Wildman–Crippen LogP) is 8.50. The molecule has 1 aliphatic rings. The number of thioether (sulfide) groups is 1. The van der Waals surface area contributed by atoms with Crippen molar-refractivity contribution in [3.63, 3.8) is 0 Å². The lowest BCUT2D eigenvalue weighted by Crippen LogP contribution is -2.31. The third kappa shape index (κ3) is 5.48.